The van der Waals surface area contributed by atoms with Gasteiger partial charge >= 0.3 is 0 Å². The highest BCUT2D eigenvalue weighted by Crippen LogP contribution is 2.29. The van der Waals surface area contributed by atoms with E-state index in [1.807, 2.05) is 39.0 Å². The predicted molar refractivity (Wildman–Crippen MR) is 82.7 cm³/mol. The summed E-state index contributed by atoms with van der Waals surface area (Å²) in [6.07, 6.45) is 2.12. The van der Waals surface area contributed by atoms with Gasteiger partial charge in [0.2, 0.25) is 6.04 Å². The highest BCUT2D eigenvalue weighted by molar-refractivity contribution is 5.43. The lowest BCUT2D eigenvalue weighted by Crippen LogP contribution is -2.27. The highest BCUT2D eigenvalue weighted by Gasteiger charge is 2.26. The van der Waals surface area contributed by atoms with Crippen molar-refractivity contribution >= 4 is 0 Å². The number of methoxy groups -OCH3 is 1. The third kappa shape index (κ3) is 4.92. The number of nitro groups is 1. The molecule has 1 aromatic carbocycles. The summed E-state index contributed by atoms with van der Waals surface area (Å²) in [5.74, 6) is 1.39. The zero-order valence-corrected chi connectivity index (χ0v) is 13.3. The molecule has 0 bridgehead atoms. The molecule has 0 amide bonds. The van der Waals surface area contributed by atoms with Crippen molar-refractivity contribution in [2.75, 3.05) is 13.7 Å². The van der Waals surface area contributed by atoms with Crippen LogP contribution in [0.15, 0.2) is 18.2 Å². The van der Waals surface area contributed by atoms with E-state index in [9.17, 15) is 10.1 Å². The van der Waals surface area contributed by atoms with E-state index in [0.29, 0.717) is 30.9 Å². The zero-order valence-electron chi connectivity index (χ0n) is 13.3. The summed E-state index contributed by atoms with van der Waals surface area (Å²) in [6, 6.07) is 5.23. The second-order valence-electron chi connectivity index (χ2n) is 5.28. The molecule has 2 atom stereocenters. The highest BCUT2D eigenvalue weighted by atomic mass is 16.6. The van der Waals surface area contributed by atoms with Crippen LogP contribution in [0.4, 0.5) is 0 Å². The van der Waals surface area contributed by atoms with Crippen LogP contribution in [0.1, 0.15) is 39.2 Å². The van der Waals surface area contributed by atoms with E-state index in [-0.39, 0.29) is 10.8 Å². The van der Waals surface area contributed by atoms with Gasteiger partial charge in [0.05, 0.1) is 13.7 Å². The Bertz CT molecular complexity index is 462. The second-order valence-corrected chi connectivity index (χ2v) is 5.28. The minimum Gasteiger partial charge on any atom is -0.493 e. The van der Waals surface area contributed by atoms with Gasteiger partial charge in [0.25, 0.3) is 0 Å². The van der Waals surface area contributed by atoms with E-state index in [2.05, 4.69) is 0 Å². The van der Waals surface area contributed by atoms with Crippen LogP contribution in [-0.4, -0.2) is 24.7 Å². The van der Waals surface area contributed by atoms with Gasteiger partial charge in [-0.2, -0.15) is 0 Å². The van der Waals surface area contributed by atoms with Gasteiger partial charge in [-0.3, -0.25) is 10.1 Å². The van der Waals surface area contributed by atoms with Crippen LogP contribution in [-0.2, 0) is 6.42 Å². The first-order chi connectivity index (χ1) is 10.0. The van der Waals surface area contributed by atoms with Crippen LogP contribution in [0, 0.1) is 16.0 Å². The number of rotatable bonds is 9. The molecule has 0 saturated carbocycles. The smallest absolute Gasteiger partial charge is 0.215 e. The summed E-state index contributed by atoms with van der Waals surface area (Å²) < 4.78 is 11.0. The van der Waals surface area contributed by atoms with Gasteiger partial charge < -0.3 is 9.47 Å². The van der Waals surface area contributed by atoms with Crippen molar-refractivity contribution in [2.24, 2.45) is 5.92 Å². The molecular formula is C16H25NO4. The molecule has 0 fully saturated rings. The molecule has 118 valence electrons. The molecule has 0 aromatic heterocycles. The maximum absolute atomic E-state index is 11.0. The number of benzene rings is 1. The summed E-state index contributed by atoms with van der Waals surface area (Å²) in [4.78, 5) is 10.9. The molecule has 5 nitrogen and oxygen atoms in total. The topological polar surface area (TPSA) is 61.6 Å². The van der Waals surface area contributed by atoms with Crippen molar-refractivity contribution in [1.82, 2.24) is 0 Å². The normalized spacial score (nSPS) is 13.5. The first kappa shape index (κ1) is 17.3. The fourth-order valence-corrected chi connectivity index (χ4v) is 2.44. The molecule has 21 heavy (non-hydrogen) atoms. The molecule has 0 heterocycles. The standard InChI is InChI=1S/C16H25NO4/c1-5-9-21-16-11-13(7-8-15(16)20-4)10-12(3)14(6-2)17(18)19/h7-8,11-12,14H,5-6,9-10H2,1-4H3/t12-,14?/m1/s1. The van der Waals surface area contributed by atoms with Crippen LogP contribution in [0.5, 0.6) is 11.5 Å². The predicted octanol–water partition coefficient (Wildman–Crippen LogP) is 3.72. The maximum Gasteiger partial charge on any atom is 0.215 e. The van der Waals surface area contributed by atoms with Crippen molar-refractivity contribution in [3.63, 3.8) is 0 Å². The Kier molecular flexibility index (Phi) is 6.99. The van der Waals surface area contributed by atoms with Gasteiger partial charge in [0, 0.05) is 17.3 Å². The Balaban J connectivity index is 2.85. The molecule has 1 rings (SSSR count). The summed E-state index contributed by atoms with van der Waals surface area (Å²) in [5.41, 5.74) is 1.04. The molecule has 0 N–H and O–H groups in total. The van der Waals surface area contributed by atoms with Gasteiger partial charge in [-0.15, -0.1) is 0 Å². The van der Waals surface area contributed by atoms with E-state index >= 15 is 0 Å². The van der Waals surface area contributed by atoms with Gasteiger partial charge in [0.1, 0.15) is 0 Å². The molecular weight excluding hydrogens is 270 g/mol. The molecule has 0 radical (unpaired) electrons. The lowest BCUT2D eigenvalue weighted by atomic mass is 9.92. The first-order valence-electron chi connectivity index (χ1n) is 7.46. The monoisotopic (exact) mass is 295 g/mol. The summed E-state index contributed by atoms with van der Waals surface area (Å²) >= 11 is 0. The summed E-state index contributed by atoms with van der Waals surface area (Å²) in [6.45, 7) is 6.45. The summed E-state index contributed by atoms with van der Waals surface area (Å²) in [7, 11) is 1.61. The molecule has 1 aromatic rings. The Morgan fingerprint density at radius 1 is 1.29 bits per heavy atom. The van der Waals surface area contributed by atoms with Crippen LogP contribution >= 0.6 is 0 Å². The van der Waals surface area contributed by atoms with Crippen LogP contribution in [0.2, 0.25) is 0 Å². The number of nitrogens with zero attached hydrogens (tertiary/aromatic N) is 1. The fourth-order valence-electron chi connectivity index (χ4n) is 2.44. The first-order valence-corrected chi connectivity index (χ1v) is 7.46. The van der Waals surface area contributed by atoms with E-state index in [4.69, 9.17) is 9.47 Å². The quantitative estimate of drug-likeness (QED) is 0.514. The van der Waals surface area contributed by atoms with Crippen molar-refractivity contribution in [1.29, 1.82) is 0 Å². The van der Waals surface area contributed by atoms with Crippen LogP contribution in [0.3, 0.4) is 0 Å². The average molecular weight is 295 g/mol. The Labute approximate surface area is 126 Å². The molecule has 5 heteroatoms. The lowest BCUT2D eigenvalue weighted by Gasteiger charge is -2.17. The third-order valence-corrected chi connectivity index (χ3v) is 3.59. The van der Waals surface area contributed by atoms with Crippen molar-refractivity contribution in [3.05, 3.63) is 33.9 Å². The van der Waals surface area contributed by atoms with Crippen LogP contribution < -0.4 is 9.47 Å². The van der Waals surface area contributed by atoms with Crippen molar-refractivity contribution in [3.8, 4) is 11.5 Å². The molecule has 0 saturated heterocycles. The minimum atomic E-state index is -0.507. The van der Waals surface area contributed by atoms with Gasteiger partial charge in [-0.25, -0.2) is 0 Å². The number of ether oxygens (including phenoxy) is 2. The molecule has 1 unspecified atom stereocenters. The maximum atomic E-state index is 11.0. The van der Waals surface area contributed by atoms with E-state index < -0.39 is 6.04 Å². The largest absolute Gasteiger partial charge is 0.493 e. The van der Waals surface area contributed by atoms with Crippen molar-refractivity contribution in [2.45, 2.75) is 46.1 Å². The fraction of sp³-hybridized carbons (Fsp3) is 0.625. The van der Waals surface area contributed by atoms with E-state index in [0.717, 1.165) is 12.0 Å². The van der Waals surface area contributed by atoms with Gasteiger partial charge in [-0.1, -0.05) is 26.8 Å². The van der Waals surface area contributed by atoms with E-state index in [1.165, 1.54) is 0 Å². The molecule has 0 spiro atoms. The second kappa shape index (κ2) is 8.49. The Morgan fingerprint density at radius 3 is 2.52 bits per heavy atom. The SMILES string of the molecule is CCCOc1cc(C[C@@H](C)C(CC)[N+](=O)[O-])ccc1OC. The van der Waals surface area contributed by atoms with Crippen LogP contribution in [0.25, 0.3) is 0 Å². The number of hydrogen-bond acceptors (Lipinski definition) is 4. The van der Waals surface area contributed by atoms with E-state index in [1.54, 1.807) is 7.11 Å². The Morgan fingerprint density at radius 2 is 2.00 bits per heavy atom. The lowest BCUT2D eigenvalue weighted by molar-refractivity contribution is -0.531. The Hall–Kier alpha value is -1.78. The molecule has 0 aliphatic rings. The molecule has 0 aliphatic heterocycles. The minimum absolute atomic E-state index is 0.0163. The number of hydrogen-bond donors (Lipinski definition) is 0. The zero-order chi connectivity index (χ0) is 15.8. The van der Waals surface area contributed by atoms with Gasteiger partial charge in [-0.05, 0) is 30.5 Å². The third-order valence-electron chi connectivity index (χ3n) is 3.59. The van der Waals surface area contributed by atoms with Gasteiger partial charge in [0.15, 0.2) is 11.5 Å². The van der Waals surface area contributed by atoms with Crippen molar-refractivity contribution < 1.29 is 14.4 Å². The average Bonchev–Trinajstić information content (AvgIpc) is 2.45. The summed E-state index contributed by atoms with van der Waals surface area (Å²) in [5, 5.41) is 11.0. The molecule has 0 aliphatic carbocycles.